The van der Waals surface area contributed by atoms with E-state index in [9.17, 15) is 19.2 Å². The molecule has 0 atom stereocenters. The van der Waals surface area contributed by atoms with Crippen molar-refractivity contribution in [2.45, 2.75) is 0 Å². The van der Waals surface area contributed by atoms with Crippen LogP contribution in [0.3, 0.4) is 0 Å². The van der Waals surface area contributed by atoms with Crippen molar-refractivity contribution in [2.24, 2.45) is 0 Å². The van der Waals surface area contributed by atoms with E-state index in [0.29, 0.717) is 33.2 Å². The average Bonchev–Trinajstić information content (AvgIpc) is 3.15. The summed E-state index contributed by atoms with van der Waals surface area (Å²) in [6, 6.07) is 8.40. The molecule has 3 N–H and O–H groups in total. The normalized spacial score (nSPS) is 15.3. The number of hydrogen-bond donors (Lipinski definition) is 3. The smallest absolute Gasteiger partial charge is 0.325 e. The van der Waals surface area contributed by atoms with E-state index in [1.165, 1.54) is 6.08 Å². The number of amides is 4. The molecule has 1 aromatic carbocycles. The molecule has 27 heavy (non-hydrogen) atoms. The Morgan fingerprint density at radius 3 is 2.63 bits per heavy atom. The lowest BCUT2D eigenvalue weighted by Gasteiger charge is -2.07. The van der Waals surface area contributed by atoms with E-state index in [4.69, 9.17) is 5.11 Å². The standard InChI is InChI=1S/C16H12N4O5S2/c21-12(22)7-20-13(23)11(27-16(20)25)6-10-8-26-15(18-10)19-14(24)17-9-4-2-1-3-5-9/h1-6,8H,7H2,(H,21,22)(H2,17,18,19,24). The number of carbonyl (C=O) groups is 4. The maximum Gasteiger partial charge on any atom is 0.325 e. The average molecular weight is 404 g/mol. The first-order chi connectivity index (χ1) is 12.9. The summed E-state index contributed by atoms with van der Waals surface area (Å²) >= 11 is 1.79. The summed E-state index contributed by atoms with van der Waals surface area (Å²) in [5, 5.41) is 15.2. The third kappa shape index (κ3) is 4.71. The van der Waals surface area contributed by atoms with E-state index in [1.54, 1.807) is 29.6 Å². The number of nitrogens with zero attached hydrogens (tertiary/aromatic N) is 2. The molecule has 0 radical (unpaired) electrons. The summed E-state index contributed by atoms with van der Waals surface area (Å²) in [6.07, 6.45) is 1.38. The van der Waals surface area contributed by atoms with Crippen LogP contribution in [-0.4, -0.2) is 44.7 Å². The Labute approximate surface area is 161 Å². The van der Waals surface area contributed by atoms with Crippen molar-refractivity contribution in [3.63, 3.8) is 0 Å². The highest BCUT2D eigenvalue weighted by atomic mass is 32.2. The van der Waals surface area contributed by atoms with Crippen LogP contribution in [0, 0.1) is 0 Å². The molecule has 0 aliphatic carbocycles. The van der Waals surface area contributed by atoms with E-state index in [2.05, 4.69) is 15.6 Å². The van der Waals surface area contributed by atoms with Crippen LogP contribution in [0.25, 0.3) is 6.08 Å². The Balaban J connectivity index is 1.65. The number of anilines is 2. The van der Waals surface area contributed by atoms with Gasteiger partial charge in [0.15, 0.2) is 5.13 Å². The van der Waals surface area contributed by atoms with Gasteiger partial charge in [-0.3, -0.25) is 24.6 Å². The van der Waals surface area contributed by atoms with Crippen molar-refractivity contribution < 1.29 is 24.3 Å². The van der Waals surface area contributed by atoms with Crippen LogP contribution >= 0.6 is 23.1 Å². The second kappa shape index (κ2) is 8.01. The summed E-state index contributed by atoms with van der Waals surface area (Å²) in [5.74, 6) is -1.96. The van der Waals surface area contributed by atoms with Gasteiger partial charge in [-0.1, -0.05) is 18.2 Å². The number of carbonyl (C=O) groups excluding carboxylic acids is 3. The van der Waals surface area contributed by atoms with Gasteiger partial charge in [-0.25, -0.2) is 9.78 Å². The third-order valence-electron chi connectivity index (χ3n) is 3.22. The molecular weight excluding hydrogens is 392 g/mol. The van der Waals surface area contributed by atoms with Gasteiger partial charge < -0.3 is 10.4 Å². The topological polar surface area (TPSA) is 129 Å². The van der Waals surface area contributed by atoms with Crippen molar-refractivity contribution in [3.05, 3.63) is 46.3 Å². The molecule has 138 valence electrons. The highest BCUT2D eigenvalue weighted by Gasteiger charge is 2.36. The monoisotopic (exact) mass is 404 g/mol. The number of thioether (sulfide) groups is 1. The largest absolute Gasteiger partial charge is 0.480 e. The predicted molar refractivity (Wildman–Crippen MR) is 102 cm³/mol. The molecule has 1 fully saturated rings. The van der Waals surface area contributed by atoms with Crippen molar-refractivity contribution >= 4 is 63.1 Å². The number of carboxylic acid groups (broad SMARTS) is 1. The minimum absolute atomic E-state index is 0.0758. The van der Waals surface area contributed by atoms with E-state index >= 15 is 0 Å². The molecule has 11 heteroatoms. The molecule has 3 rings (SSSR count). The number of rotatable bonds is 5. The number of nitrogens with one attached hydrogen (secondary N) is 2. The van der Waals surface area contributed by atoms with Gasteiger partial charge in [-0.2, -0.15) is 0 Å². The lowest BCUT2D eigenvalue weighted by atomic mass is 10.3. The molecule has 0 saturated carbocycles. The summed E-state index contributed by atoms with van der Waals surface area (Å²) in [6.45, 7) is -0.689. The Morgan fingerprint density at radius 2 is 1.93 bits per heavy atom. The molecular formula is C16H12N4O5S2. The summed E-state index contributed by atoms with van der Waals surface area (Å²) in [7, 11) is 0. The zero-order valence-electron chi connectivity index (χ0n) is 13.5. The summed E-state index contributed by atoms with van der Waals surface area (Å²) in [5.41, 5.74) is 0.995. The minimum atomic E-state index is -1.27. The number of urea groups is 1. The maximum atomic E-state index is 12.1. The van der Waals surface area contributed by atoms with Crippen LogP contribution in [0.2, 0.25) is 0 Å². The quantitative estimate of drug-likeness (QED) is 0.654. The van der Waals surface area contributed by atoms with Crippen molar-refractivity contribution in [1.82, 2.24) is 9.88 Å². The number of aromatic nitrogens is 1. The van der Waals surface area contributed by atoms with E-state index in [-0.39, 0.29) is 4.91 Å². The Bertz CT molecular complexity index is 941. The van der Waals surface area contributed by atoms with Gasteiger partial charge in [0.25, 0.3) is 11.1 Å². The molecule has 1 aliphatic heterocycles. The van der Waals surface area contributed by atoms with Crippen LogP contribution in [0.4, 0.5) is 20.4 Å². The SMILES string of the molecule is O=C(O)CN1C(=O)SC(=Cc2csc(NC(=O)Nc3ccccc3)n2)C1=O. The first kappa shape index (κ1) is 18.6. The number of hydrogen-bond acceptors (Lipinski definition) is 7. The van der Waals surface area contributed by atoms with Crippen LogP contribution < -0.4 is 10.6 Å². The minimum Gasteiger partial charge on any atom is -0.480 e. The Morgan fingerprint density at radius 1 is 1.19 bits per heavy atom. The maximum absolute atomic E-state index is 12.1. The number of para-hydroxylation sites is 1. The van der Waals surface area contributed by atoms with E-state index < -0.39 is 29.7 Å². The van der Waals surface area contributed by atoms with Crippen LogP contribution in [0.15, 0.2) is 40.6 Å². The van der Waals surface area contributed by atoms with Gasteiger partial charge in [-0.05, 0) is 30.0 Å². The van der Waals surface area contributed by atoms with Gasteiger partial charge in [-0.15, -0.1) is 11.3 Å². The lowest BCUT2D eigenvalue weighted by molar-refractivity contribution is -0.140. The molecule has 2 heterocycles. The fourth-order valence-electron chi connectivity index (χ4n) is 2.10. The number of benzene rings is 1. The number of carboxylic acids is 1. The number of aliphatic carboxylic acids is 1. The Hall–Kier alpha value is -3.18. The molecule has 2 aromatic rings. The van der Waals surface area contributed by atoms with E-state index in [1.807, 2.05) is 6.07 Å². The van der Waals surface area contributed by atoms with E-state index in [0.717, 1.165) is 11.3 Å². The van der Waals surface area contributed by atoms with Crippen LogP contribution in [0.1, 0.15) is 5.69 Å². The van der Waals surface area contributed by atoms with Crippen LogP contribution in [0.5, 0.6) is 0 Å². The van der Waals surface area contributed by atoms with Gasteiger partial charge in [0.2, 0.25) is 0 Å². The highest BCUT2D eigenvalue weighted by molar-refractivity contribution is 8.18. The second-order valence-corrected chi connectivity index (χ2v) is 7.04. The van der Waals surface area contributed by atoms with Gasteiger partial charge in [0, 0.05) is 11.1 Å². The van der Waals surface area contributed by atoms with Gasteiger partial charge >= 0.3 is 12.0 Å². The van der Waals surface area contributed by atoms with Crippen molar-refractivity contribution in [3.8, 4) is 0 Å². The lowest BCUT2D eigenvalue weighted by Crippen LogP contribution is -2.33. The van der Waals surface area contributed by atoms with Crippen molar-refractivity contribution in [2.75, 3.05) is 17.2 Å². The number of thiazole rings is 1. The summed E-state index contributed by atoms with van der Waals surface area (Å²) in [4.78, 5) is 51.4. The summed E-state index contributed by atoms with van der Waals surface area (Å²) < 4.78 is 0. The molecule has 1 saturated heterocycles. The zero-order chi connectivity index (χ0) is 19.4. The van der Waals surface area contributed by atoms with Gasteiger partial charge in [0.05, 0.1) is 10.6 Å². The second-order valence-electron chi connectivity index (χ2n) is 5.18. The Kier molecular flexibility index (Phi) is 5.52. The zero-order valence-corrected chi connectivity index (χ0v) is 15.2. The number of imide groups is 1. The molecule has 1 aromatic heterocycles. The molecule has 4 amide bonds. The highest BCUT2D eigenvalue weighted by Crippen LogP contribution is 2.32. The molecule has 1 aliphatic rings. The molecule has 0 bridgehead atoms. The van der Waals surface area contributed by atoms with Crippen LogP contribution in [-0.2, 0) is 9.59 Å². The van der Waals surface area contributed by atoms with Gasteiger partial charge in [0.1, 0.15) is 6.54 Å². The fourth-order valence-corrected chi connectivity index (χ4v) is 3.58. The molecule has 0 unspecified atom stereocenters. The molecule has 0 spiro atoms. The fraction of sp³-hybridized carbons (Fsp3) is 0.0625. The first-order valence-corrected chi connectivity index (χ1v) is 9.18. The first-order valence-electron chi connectivity index (χ1n) is 7.48. The van der Waals surface area contributed by atoms with Crippen molar-refractivity contribution in [1.29, 1.82) is 0 Å². The molecule has 9 nitrogen and oxygen atoms in total. The third-order valence-corrected chi connectivity index (χ3v) is 4.90. The predicted octanol–water partition coefficient (Wildman–Crippen LogP) is 2.91.